The summed E-state index contributed by atoms with van der Waals surface area (Å²) in [5.74, 6) is -0.329. The van der Waals surface area contributed by atoms with Crippen molar-refractivity contribution in [1.29, 1.82) is 0 Å². The van der Waals surface area contributed by atoms with Crippen molar-refractivity contribution in [3.63, 3.8) is 0 Å². The lowest BCUT2D eigenvalue weighted by molar-refractivity contribution is -0.124. The first kappa shape index (κ1) is 20.4. The zero-order valence-electron chi connectivity index (χ0n) is 15.0. The van der Waals surface area contributed by atoms with Crippen LogP contribution in [0.5, 0.6) is 5.75 Å². The van der Waals surface area contributed by atoms with Crippen LogP contribution in [-0.4, -0.2) is 42.5 Å². The van der Waals surface area contributed by atoms with E-state index >= 15 is 0 Å². The molecule has 3 rings (SSSR count). The van der Waals surface area contributed by atoms with Crippen LogP contribution in [0.2, 0.25) is 10.0 Å². The van der Waals surface area contributed by atoms with Gasteiger partial charge in [0.05, 0.1) is 6.54 Å². The Morgan fingerprint density at radius 1 is 1.14 bits per heavy atom. The summed E-state index contributed by atoms with van der Waals surface area (Å²) < 4.78 is 18.3. The van der Waals surface area contributed by atoms with Gasteiger partial charge in [-0.05, 0) is 55.3 Å². The van der Waals surface area contributed by atoms with Crippen molar-refractivity contribution in [3.05, 3.63) is 63.9 Å². The Morgan fingerprint density at radius 3 is 2.50 bits per heavy atom. The van der Waals surface area contributed by atoms with Gasteiger partial charge in [0, 0.05) is 22.2 Å². The summed E-state index contributed by atoms with van der Waals surface area (Å²) in [5, 5.41) is 3.52. The lowest BCUT2D eigenvalue weighted by Crippen LogP contribution is -2.46. The van der Waals surface area contributed by atoms with E-state index in [2.05, 4.69) is 5.32 Å². The van der Waals surface area contributed by atoms with Crippen molar-refractivity contribution < 1.29 is 18.7 Å². The second-order valence-corrected chi connectivity index (χ2v) is 7.28. The quantitative estimate of drug-likeness (QED) is 0.714. The number of hydrogen-bond acceptors (Lipinski definition) is 3. The minimum atomic E-state index is -0.545. The Morgan fingerprint density at radius 2 is 1.82 bits per heavy atom. The van der Waals surface area contributed by atoms with Crippen LogP contribution in [0.4, 0.5) is 4.39 Å². The third-order valence-corrected chi connectivity index (χ3v) is 4.85. The summed E-state index contributed by atoms with van der Waals surface area (Å²) in [6.45, 7) is 1.01. The molecule has 2 amide bonds. The summed E-state index contributed by atoms with van der Waals surface area (Å²) in [5.41, 5.74) is 0.358. The number of nitrogens with zero attached hydrogens (tertiary/aromatic N) is 1. The molecule has 2 aromatic carbocycles. The van der Waals surface area contributed by atoms with Crippen LogP contribution < -0.4 is 10.1 Å². The van der Waals surface area contributed by atoms with E-state index in [0.717, 1.165) is 6.42 Å². The molecule has 1 fully saturated rings. The maximum Gasteiger partial charge on any atom is 0.254 e. The first-order valence-corrected chi connectivity index (χ1v) is 9.63. The lowest BCUT2D eigenvalue weighted by Gasteiger charge is -2.24. The molecule has 1 unspecified atom stereocenters. The Bertz CT molecular complexity index is 841. The molecular weight excluding hydrogens is 406 g/mol. The van der Waals surface area contributed by atoms with Crippen molar-refractivity contribution in [3.8, 4) is 5.75 Å². The molecule has 0 aliphatic carbocycles. The van der Waals surface area contributed by atoms with Crippen LogP contribution in [0.1, 0.15) is 23.2 Å². The number of carbonyl (C=O) groups is 2. The molecule has 1 N–H and O–H groups in total. The number of nitrogens with one attached hydrogen (secondary N) is 1. The van der Waals surface area contributed by atoms with E-state index in [1.54, 1.807) is 18.2 Å². The predicted octanol–water partition coefficient (Wildman–Crippen LogP) is 3.93. The van der Waals surface area contributed by atoms with Gasteiger partial charge in [-0.2, -0.15) is 0 Å². The van der Waals surface area contributed by atoms with E-state index in [9.17, 15) is 14.0 Å². The van der Waals surface area contributed by atoms with E-state index < -0.39 is 6.04 Å². The van der Waals surface area contributed by atoms with Crippen molar-refractivity contribution in [1.82, 2.24) is 10.2 Å². The number of amides is 2. The molecule has 1 atom stereocenters. The topological polar surface area (TPSA) is 58.6 Å². The number of ether oxygens (including phenoxy) is 1. The van der Waals surface area contributed by atoms with Crippen LogP contribution in [0.15, 0.2) is 42.5 Å². The monoisotopic (exact) mass is 424 g/mol. The Hall–Kier alpha value is -2.31. The van der Waals surface area contributed by atoms with Gasteiger partial charge in [-0.15, -0.1) is 0 Å². The third kappa shape index (κ3) is 5.14. The molecule has 1 heterocycles. The maximum absolute atomic E-state index is 12.9. The third-order valence-electron chi connectivity index (χ3n) is 4.41. The molecular formula is C20H19Cl2FN2O3. The van der Waals surface area contributed by atoms with E-state index in [0.29, 0.717) is 34.3 Å². The molecule has 8 heteroatoms. The van der Waals surface area contributed by atoms with Gasteiger partial charge in [0.2, 0.25) is 5.91 Å². The number of halogens is 3. The van der Waals surface area contributed by atoms with Crippen LogP contribution in [0, 0.1) is 5.82 Å². The molecule has 0 aromatic heterocycles. The summed E-state index contributed by atoms with van der Waals surface area (Å²) in [6.07, 6.45) is 1.33. The van der Waals surface area contributed by atoms with Gasteiger partial charge < -0.3 is 15.0 Å². The molecule has 28 heavy (non-hydrogen) atoms. The second kappa shape index (κ2) is 9.26. The summed E-state index contributed by atoms with van der Waals surface area (Å²) in [6, 6.07) is 9.73. The van der Waals surface area contributed by atoms with Gasteiger partial charge in [-0.25, -0.2) is 4.39 Å². The van der Waals surface area contributed by atoms with E-state index in [1.165, 1.54) is 29.2 Å². The molecule has 5 nitrogen and oxygen atoms in total. The first-order valence-electron chi connectivity index (χ1n) is 8.87. The standard InChI is InChI=1S/C20H19Cl2FN2O3/c21-14-10-13(11-15(22)12-14)20(27)25-8-1-2-18(25)19(26)24-7-9-28-17-5-3-16(23)4-6-17/h3-6,10-12,18H,1-2,7-9H2,(H,24,26). The summed E-state index contributed by atoms with van der Waals surface area (Å²) in [4.78, 5) is 26.8. The highest BCUT2D eigenvalue weighted by Crippen LogP contribution is 2.24. The average molecular weight is 425 g/mol. The van der Waals surface area contributed by atoms with E-state index in [4.69, 9.17) is 27.9 Å². The van der Waals surface area contributed by atoms with Crippen molar-refractivity contribution in [2.45, 2.75) is 18.9 Å². The van der Waals surface area contributed by atoms with Gasteiger partial charge in [-0.3, -0.25) is 9.59 Å². The van der Waals surface area contributed by atoms with Crippen LogP contribution in [0.25, 0.3) is 0 Å². The predicted molar refractivity (Wildman–Crippen MR) is 105 cm³/mol. The number of hydrogen-bond donors (Lipinski definition) is 1. The second-order valence-electron chi connectivity index (χ2n) is 6.41. The Kier molecular flexibility index (Phi) is 6.75. The lowest BCUT2D eigenvalue weighted by atomic mass is 10.1. The Labute approximate surface area is 172 Å². The van der Waals surface area contributed by atoms with Crippen molar-refractivity contribution in [2.24, 2.45) is 0 Å². The average Bonchev–Trinajstić information content (AvgIpc) is 3.15. The number of likely N-dealkylation sites (tertiary alicyclic amines) is 1. The van der Waals surface area contributed by atoms with E-state index in [-0.39, 0.29) is 30.8 Å². The summed E-state index contributed by atoms with van der Waals surface area (Å²) >= 11 is 11.9. The SMILES string of the molecule is O=C(NCCOc1ccc(F)cc1)C1CCCN1C(=O)c1cc(Cl)cc(Cl)c1. The molecule has 0 bridgehead atoms. The fourth-order valence-electron chi connectivity index (χ4n) is 3.12. The van der Waals surface area contributed by atoms with Gasteiger partial charge in [-0.1, -0.05) is 23.2 Å². The molecule has 1 saturated heterocycles. The largest absolute Gasteiger partial charge is 0.492 e. The molecule has 0 radical (unpaired) electrons. The zero-order chi connectivity index (χ0) is 20.1. The van der Waals surface area contributed by atoms with Crippen LogP contribution in [-0.2, 0) is 4.79 Å². The summed E-state index contributed by atoms with van der Waals surface area (Å²) in [7, 11) is 0. The van der Waals surface area contributed by atoms with E-state index in [1.807, 2.05) is 0 Å². The minimum absolute atomic E-state index is 0.235. The molecule has 0 spiro atoms. The zero-order valence-corrected chi connectivity index (χ0v) is 16.5. The van der Waals surface area contributed by atoms with Crippen LogP contribution >= 0.6 is 23.2 Å². The smallest absolute Gasteiger partial charge is 0.254 e. The number of rotatable bonds is 6. The molecule has 0 saturated carbocycles. The first-order chi connectivity index (χ1) is 13.4. The number of benzene rings is 2. The fourth-order valence-corrected chi connectivity index (χ4v) is 3.64. The molecule has 148 valence electrons. The highest BCUT2D eigenvalue weighted by molar-refractivity contribution is 6.35. The number of carbonyl (C=O) groups excluding carboxylic acids is 2. The van der Waals surface area contributed by atoms with Crippen LogP contribution in [0.3, 0.4) is 0 Å². The van der Waals surface area contributed by atoms with Crippen molar-refractivity contribution >= 4 is 35.0 Å². The fraction of sp³-hybridized carbons (Fsp3) is 0.300. The van der Waals surface area contributed by atoms with Gasteiger partial charge in [0.1, 0.15) is 24.2 Å². The van der Waals surface area contributed by atoms with Gasteiger partial charge in [0.25, 0.3) is 5.91 Å². The highest BCUT2D eigenvalue weighted by Gasteiger charge is 2.34. The molecule has 2 aromatic rings. The normalized spacial score (nSPS) is 16.1. The van der Waals surface area contributed by atoms with Gasteiger partial charge in [0.15, 0.2) is 0 Å². The molecule has 1 aliphatic rings. The van der Waals surface area contributed by atoms with Crippen molar-refractivity contribution in [2.75, 3.05) is 19.7 Å². The van der Waals surface area contributed by atoms with Gasteiger partial charge >= 0.3 is 0 Å². The highest BCUT2D eigenvalue weighted by atomic mass is 35.5. The minimum Gasteiger partial charge on any atom is -0.492 e. The molecule has 1 aliphatic heterocycles. The Balaban J connectivity index is 1.53. The maximum atomic E-state index is 12.9.